The minimum Gasteiger partial charge on any atom is -0.312 e. The van der Waals surface area contributed by atoms with Crippen LogP contribution in [0.1, 0.15) is 10.4 Å². The number of carbonyl (C=O) groups excluding carboxylic acids is 1. The number of rotatable bonds is 4. The number of aromatic nitrogens is 3. The summed E-state index contributed by atoms with van der Waals surface area (Å²) in [5.74, 6) is -0.0136. The van der Waals surface area contributed by atoms with Crippen LogP contribution in [0.5, 0.6) is 0 Å². The summed E-state index contributed by atoms with van der Waals surface area (Å²) in [5.41, 5.74) is 0.683. The minimum atomic E-state index is -0.0136. The zero-order valence-corrected chi connectivity index (χ0v) is 10.1. The lowest BCUT2D eigenvalue weighted by molar-refractivity contribution is 0.104. The number of thioether (sulfide) groups is 1. The van der Waals surface area contributed by atoms with E-state index >= 15 is 0 Å². The molecule has 1 aromatic heterocycles. The third-order valence-electron chi connectivity index (χ3n) is 2.12. The molecule has 0 fully saturated rings. The first-order chi connectivity index (χ1) is 8.27. The molecule has 1 aromatic carbocycles. The average Bonchev–Trinajstić information content (AvgIpc) is 2.76. The van der Waals surface area contributed by atoms with Gasteiger partial charge in [0.25, 0.3) is 0 Å². The van der Waals surface area contributed by atoms with Crippen LogP contribution in [-0.4, -0.2) is 20.5 Å². The van der Waals surface area contributed by atoms with Crippen LogP contribution in [0.4, 0.5) is 0 Å². The summed E-state index contributed by atoms with van der Waals surface area (Å²) in [5, 5.41) is 10.1. The van der Waals surface area contributed by atoms with Crippen LogP contribution in [0.15, 0.2) is 53.3 Å². The smallest absolute Gasteiger partial charge is 0.194 e. The van der Waals surface area contributed by atoms with Gasteiger partial charge in [-0.05, 0) is 11.5 Å². The van der Waals surface area contributed by atoms with Crippen LogP contribution in [-0.2, 0) is 7.05 Å². The van der Waals surface area contributed by atoms with Gasteiger partial charge in [0.2, 0.25) is 0 Å². The van der Waals surface area contributed by atoms with E-state index in [2.05, 4.69) is 10.2 Å². The third-order valence-corrected chi connectivity index (χ3v) is 2.97. The van der Waals surface area contributed by atoms with E-state index in [1.54, 1.807) is 28.4 Å². The van der Waals surface area contributed by atoms with Crippen molar-refractivity contribution in [2.24, 2.45) is 7.05 Å². The molecule has 2 rings (SSSR count). The normalized spacial score (nSPS) is 10.9. The van der Waals surface area contributed by atoms with Crippen molar-refractivity contribution in [2.45, 2.75) is 5.16 Å². The molecule has 1 heterocycles. The van der Waals surface area contributed by atoms with Gasteiger partial charge in [0.1, 0.15) is 6.33 Å². The van der Waals surface area contributed by atoms with E-state index in [0.717, 1.165) is 5.16 Å². The van der Waals surface area contributed by atoms with Crippen molar-refractivity contribution >= 4 is 17.5 Å². The van der Waals surface area contributed by atoms with Crippen molar-refractivity contribution in [2.75, 3.05) is 0 Å². The van der Waals surface area contributed by atoms with Gasteiger partial charge in [0, 0.05) is 12.6 Å². The number of hydrogen-bond donors (Lipinski definition) is 0. The van der Waals surface area contributed by atoms with Gasteiger partial charge < -0.3 is 4.57 Å². The van der Waals surface area contributed by atoms with Crippen LogP contribution in [0, 0.1) is 0 Å². The number of benzene rings is 1. The second kappa shape index (κ2) is 5.45. The van der Waals surface area contributed by atoms with Gasteiger partial charge in [0.15, 0.2) is 10.9 Å². The second-order valence-electron chi connectivity index (χ2n) is 3.38. The van der Waals surface area contributed by atoms with Crippen LogP contribution >= 0.6 is 11.8 Å². The average molecular weight is 245 g/mol. The highest BCUT2D eigenvalue weighted by molar-refractivity contribution is 8.02. The molecule has 86 valence electrons. The predicted molar refractivity (Wildman–Crippen MR) is 66.8 cm³/mol. The molecule has 0 aliphatic carbocycles. The van der Waals surface area contributed by atoms with E-state index in [1.807, 2.05) is 25.2 Å². The predicted octanol–water partition coefficient (Wildman–Crippen LogP) is 2.30. The van der Waals surface area contributed by atoms with Crippen molar-refractivity contribution in [1.82, 2.24) is 14.8 Å². The van der Waals surface area contributed by atoms with E-state index < -0.39 is 0 Å². The van der Waals surface area contributed by atoms with Crippen molar-refractivity contribution in [1.29, 1.82) is 0 Å². The molecule has 0 saturated carbocycles. The topological polar surface area (TPSA) is 47.8 Å². The van der Waals surface area contributed by atoms with Crippen LogP contribution < -0.4 is 0 Å². The van der Waals surface area contributed by atoms with E-state index in [-0.39, 0.29) is 5.78 Å². The summed E-state index contributed by atoms with van der Waals surface area (Å²) in [4.78, 5) is 11.7. The van der Waals surface area contributed by atoms with Gasteiger partial charge in [0.05, 0.1) is 0 Å². The summed E-state index contributed by atoms with van der Waals surface area (Å²) in [6.45, 7) is 0. The zero-order chi connectivity index (χ0) is 12.1. The summed E-state index contributed by atoms with van der Waals surface area (Å²) >= 11 is 1.36. The van der Waals surface area contributed by atoms with Crippen LogP contribution in [0.3, 0.4) is 0 Å². The molecule has 0 aliphatic rings. The Bertz CT molecular complexity index is 534. The molecular weight excluding hydrogens is 234 g/mol. The monoisotopic (exact) mass is 245 g/mol. The Morgan fingerprint density at radius 2 is 2.12 bits per heavy atom. The second-order valence-corrected chi connectivity index (χ2v) is 4.25. The fourth-order valence-electron chi connectivity index (χ4n) is 1.23. The van der Waals surface area contributed by atoms with E-state index in [0.29, 0.717) is 5.56 Å². The molecule has 0 saturated heterocycles. The standard InChI is InChI=1S/C12H11N3OS/c1-15-9-13-14-12(15)17-8-7-11(16)10-5-3-2-4-6-10/h2-9H,1H3. The largest absolute Gasteiger partial charge is 0.312 e. The summed E-state index contributed by atoms with van der Waals surface area (Å²) in [7, 11) is 1.86. The Balaban J connectivity index is 1.98. The minimum absolute atomic E-state index is 0.0136. The van der Waals surface area contributed by atoms with Crippen LogP contribution in [0.25, 0.3) is 0 Å². The van der Waals surface area contributed by atoms with Crippen molar-refractivity contribution in [3.63, 3.8) is 0 Å². The molecule has 17 heavy (non-hydrogen) atoms. The zero-order valence-electron chi connectivity index (χ0n) is 9.28. The molecule has 5 heteroatoms. The number of carbonyl (C=O) groups is 1. The Morgan fingerprint density at radius 3 is 2.76 bits per heavy atom. The van der Waals surface area contributed by atoms with E-state index in [4.69, 9.17) is 0 Å². The van der Waals surface area contributed by atoms with Gasteiger partial charge in [-0.1, -0.05) is 42.1 Å². The van der Waals surface area contributed by atoms with Crippen molar-refractivity contribution < 1.29 is 4.79 Å². The summed E-state index contributed by atoms with van der Waals surface area (Å²) < 4.78 is 1.79. The lowest BCUT2D eigenvalue weighted by Gasteiger charge is -1.95. The first kappa shape index (κ1) is 11.6. The number of hydrogen-bond acceptors (Lipinski definition) is 4. The molecule has 0 amide bonds. The van der Waals surface area contributed by atoms with E-state index in [1.165, 1.54) is 17.8 Å². The number of allylic oxidation sites excluding steroid dienone is 1. The quantitative estimate of drug-likeness (QED) is 0.471. The number of ketones is 1. The van der Waals surface area contributed by atoms with Crippen molar-refractivity contribution in [3.8, 4) is 0 Å². The van der Waals surface area contributed by atoms with Gasteiger partial charge >= 0.3 is 0 Å². The fourth-order valence-corrected chi connectivity index (χ4v) is 1.86. The van der Waals surface area contributed by atoms with Gasteiger partial charge in [-0.15, -0.1) is 10.2 Å². The summed E-state index contributed by atoms with van der Waals surface area (Å²) in [6.07, 6.45) is 3.16. The van der Waals surface area contributed by atoms with Gasteiger partial charge in [-0.25, -0.2) is 0 Å². The van der Waals surface area contributed by atoms with E-state index in [9.17, 15) is 4.79 Å². The highest BCUT2D eigenvalue weighted by atomic mass is 32.2. The Kier molecular flexibility index (Phi) is 3.72. The number of nitrogens with zero attached hydrogens (tertiary/aromatic N) is 3. The molecule has 0 atom stereocenters. The molecule has 2 aromatic rings. The molecule has 0 unspecified atom stereocenters. The maximum atomic E-state index is 11.7. The molecule has 0 spiro atoms. The first-order valence-electron chi connectivity index (χ1n) is 5.04. The molecule has 0 N–H and O–H groups in total. The number of aryl methyl sites for hydroxylation is 1. The molecule has 4 nitrogen and oxygen atoms in total. The highest BCUT2D eigenvalue weighted by Gasteiger charge is 2.01. The lowest BCUT2D eigenvalue weighted by Crippen LogP contribution is -1.92. The molecule has 0 aliphatic heterocycles. The third kappa shape index (κ3) is 3.04. The fraction of sp³-hybridized carbons (Fsp3) is 0.0833. The maximum Gasteiger partial charge on any atom is 0.194 e. The Morgan fingerprint density at radius 1 is 1.35 bits per heavy atom. The molecule has 0 bridgehead atoms. The SMILES string of the molecule is Cn1cnnc1SC=CC(=O)c1ccccc1. The van der Waals surface area contributed by atoms with Gasteiger partial charge in [-0.2, -0.15) is 0 Å². The molecular formula is C12H11N3OS. The summed E-state index contributed by atoms with van der Waals surface area (Å²) in [6, 6.07) is 9.15. The molecule has 0 radical (unpaired) electrons. The first-order valence-corrected chi connectivity index (χ1v) is 5.92. The Labute approximate surface area is 103 Å². The van der Waals surface area contributed by atoms with Gasteiger partial charge in [-0.3, -0.25) is 4.79 Å². The van der Waals surface area contributed by atoms with Crippen LogP contribution in [0.2, 0.25) is 0 Å². The lowest BCUT2D eigenvalue weighted by atomic mass is 10.1. The maximum absolute atomic E-state index is 11.7. The van der Waals surface area contributed by atoms with Crippen molar-refractivity contribution in [3.05, 3.63) is 53.7 Å². The highest BCUT2D eigenvalue weighted by Crippen LogP contribution is 2.15. The Hall–Kier alpha value is -1.88.